The summed E-state index contributed by atoms with van der Waals surface area (Å²) in [6, 6.07) is 0.540. The van der Waals surface area contributed by atoms with Gasteiger partial charge in [-0.15, -0.1) is 0 Å². The van der Waals surface area contributed by atoms with Gasteiger partial charge >= 0.3 is 0 Å². The van der Waals surface area contributed by atoms with E-state index in [0.717, 1.165) is 37.3 Å². The lowest BCUT2D eigenvalue weighted by Crippen LogP contribution is -2.42. The van der Waals surface area contributed by atoms with Gasteiger partial charge in [0, 0.05) is 6.04 Å². The molecular formula is C15H26N2O. The fourth-order valence-electron chi connectivity index (χ4n) is 4.55. The van der Waals surface area contributed by atoms with Crippen LogP contribution < -0.4 is 5.32 Å². The van der Waals surface area contributed by atoms with Gasteiger partial charge in [-0.25, -0.2) is 0 Å². The Morgan fingerprint density at radius 2 is 2.22 bits per heavy atom. The van der Waals surface area contributed by atoms with Gasteiger partial charge in [-0.1, -0.05) is 19.8 Å². The van der Waals surface area contributed by atoms with Crippen molar-refractivity contribution >= 4 is 5.91 Å². The first-order valence-electron chi connectivity index (χ1n) is 7.74. The lowest BCUT2D eigenvalue weighted by Gasteiger charge is -2.34. The predicted octanol–water partition coefficient (Wildman–Crippen LogP) is 2.37. The van der Waals surface area contributed by atoms with Gasteiger partial charge in [0.2, 0.25) is 5.91 Å². The number of carbonyl (C=O) groups excluding carboxylic acids is 1. The Labute approximate surface area is 110 Å². The third kappa shape index (κ3) is 1.97. The topological polar surface area (TPSA) is 32.3 Å². The molecule has 1 saturated heterocycles. The van der Waals surface area contributed by atoms with Crippen LogP contribution in [-0.4, -0.2) is 29.6 Å². The average Bonchev–Trinajstić information content (AvgIpc) is 3.06. The molecule has 18 heavy (non-hydrogen) atoms. The highest BCUT2D eigenvalue weighted by atomic mass is 16.2. The van der Waals surface area contributed by atoms with Crippen LogP contribution in [0.15, 0.2) is 0 Å². The molecule has 3 aliphatic rings. The lowest BCUT2D eigenvalue weighted by molar-refractivity contribution is -0.132. The molecule has 1 aliphatic heterocycles. The Hall–Kier alpha value is -0.570. The summed E-state index contributed by atoms with van der Waals surface area (Å²) in [6.07, 6.45) is 7.72. The van der Waals surface area contributed by atoms with Crippen molar-refractivity contribution in [2.75, 3.05) is 6.67 Å². The maximum atomic E-state index is 12.4. The molecule has 2 bridgehead atoms. The summed E-state index contributed by atoms with van der Waals surface area (Å²) in [6.45, 7) is 5.20. The summed E-state index contributed by atoms with van der Waals surface area (Å²) >= 11 is 0. The minimum absolute atomic E-state index is 0.0936. The molecule has 0 aromatic heterocycles. The Balaban J connectivity index is 1.63. The normalized spacial score (nSPS) is 40.8. The molecule has 5 atom stereocenters. The SMILES string of the molecule is CCCC1NCN(C(C)C2CC3CCC2C3)C1=O. The van der Waals surface area contributed by atoms with Crippen molar-refractivity contribution in [1.82, 2.24) is 10.2 Å². The quantitative estimate of drug-likeness (QED) is 0.831. The zero-order valence-electron chi connectivity index (χ0n) is 11.7. The van der Waals surface area contributed by atoms with E-state index >= 15 is 0 Å². The highest BCUT2D eigenvalue weighted by molar-refractivity contribution is 5.84. The van der Waals surface area contributed by atoms with E-state index in [0.29, 0.717) is 11.9 Å². The largest absolute Gasteiger partial charge is 0.326 e. The molecule has 102 valence electrons. The van der Waals surface area contributed by atoms with Gasteiger partial charge < -0.3 is 4.90 Å². The minimum Gasteiger partial charge on any atom is -0.326 e. The molecular weight excluding hydrogens is 224 g/mol. The number of amides is 1. The molecule has 2 aliphatic carbocycles. The second kappa shape index (κ2) is 4.84. The van der Waals surface area contributed by atoms with E-state index in [9.17, 15) is 4.79 Å². The minimum atomic E-state index is 0.0936. The first-order chi connectivity index (χ1) is 8.70. The number of nitrogens with one attached hydrogen (secondary N) is 1. The summed E-state index contributed by atoms with van der Waals surface area (Å²) in [4.78, 5) is 14.5. The van der Waals surface area contributed by atoms with Crippen molar-refractivity contribution in [1.29, 1.82) is 0 Å². The molecule has 2 saturated carbocycles. The molecule has 0 spiro atoms. The smallest absolute Gasteiger partial charge is 0.241 e. The molecule has 1 N–H and O–H groups in total. The molecule has 3 rings (SSSR count). The number of rotatable bonds is 4. The molecule has 3 heteroatoms. The van der Waals surface area contributed by atoms with E-state index in [2.05, 4.69) is 24.1 Å². The third-order valence-corrected chi connectivity index (χ3v) is 5.57. The van der Waals surface area contributed by atoms with Crippen molar-refractivity contribution in [3.8, 4) is 0 Å². The molecule has 0 aromatic rings. The molecule has 1 amide bonds. The zero-order valence-corrected chi connectivity index (χ0v) is 11.7. The van der Waals surface area contributed by atoms with Crippen LogP contribution in [0.5, 0.6) is 0 Å². The maximum Gasteiger partial charge on any atom is 0.241 e. The van der Waals surface area contributed by atoms with E-state index in [1.807, 2.05) is 0 Å². The van der Waals surface area contributed by atoms with Crippen molar-refractivity contribution in [2.45, 2.75) is 64.5 Å². The van der Waals surface area contributed by atoms with Crippen LogP contribution in [0.4, 0.5) is 0 Å². The van der Waals surface area contributed by atoms with Crippen LogP contribution >= 0.6 is 0 Å². The highest BCUT2D eigenvalue weighted by Crippen LogP contribution is 2.50. The Kier molecular flexibility index (Phi) is 3.35. The highest BCUT2D eigenvalue weighted by Gasteiger charge is 2.45. The third-order valence-electron chi connectivity index (χ3n) is 5.57. The molecule has 5 unspecified atom stereocenters. The summed E-state index contributed by atoms with van der Waals surface area (Å²) in [5.74, 6) is 3.00. The van der Waals surface area contributed by atoms with Crippen LogP contribution in [0, 0.1) is 17.8 Å². The van der Waals surface area contributed by atoms with E-state index in [1.54, 1.807) is 0 Å². The van der Waals surface area contributed by atoms with Crippen molar-refractivity contribution < 1.29 is 4.79 Å². The van der Waals surface area contributed by atoms with E-state index < -0.39 is 0 Å². The zero-order chi connectivity index (χ0) is 12.7. The first-order valence-corrected chi connectivity index (χ1v) is 7.74. The second-order valence-corrected chi connectivity index (χ2v) is 6.59. The van der Waals surface area contributed by atoms with Gasteiger partial charge in [0.25, 0.3) is 0 Å². The average molecular weight is 250 g/mol. The van der Waals surface area contributed by atoms with Crippen LogP contribution in [0.2, 0.25) is 0 Å². The standard InChI is InChI=1S/C15H26N2O/c1-3-4-14-15(18)17(9-16-14)10(2)13-8-11-5-6-12(13)7-11/h10-14,16H,3-9H2,1-2H3. The van der Waals surface area contributed by atoms with Crippen LogP contribution in [0.3, 0.4) is 0 Å². The van der Waals surface area contributed by atoms with Gasteiger partial charge in [0.1, 0.15) is 0 Å². The Morgan fingerprint density at radius 3 is 2.83 bits per heavy atom. The number of nitrogens with zero attached hydrogens (tertiary/aromatic N) is 1. The van der Waals surface area contributed by atoms with Crippen LogP contribution in [0.1, 0.15) is 52.4 Å². The molecule has 0 radical (unpaired) electrons. The number of carbonyl (C=O) groups is 1. The van der Waals surface area contributed by atoms with E-state index in [-0.39, 0.29) is 6.04 Å². The fourth-order valence-corrected chi connectivity index (χ4v) is 4.55. The first kappa shape index (κ1) is 12.5. The summed E-state index contributed by atoms with van der Waals surface area (Å²) in [5.41, 5.74) is 0. The lowest BCUT2D eigenvalue weighted by atomic mass is 9.83. The molecule has 0 aromatic carbocycles. The van der Waals surface area contributed by atoms with Crippen molar-refractivity contribution in [2.24, 2.45) is 17.8 Å². The monoisotopic (exact) mass is 250 g/mol. The summed E-state index contributed by atoms with van der Waals surface area (Å²) in [7, 11) is 0. The summed E-state index contributed by atoms with van der Waals surface area (Å²) < 4.78 is 0. The summed E-state index contributed by atoms with van der Waals surface area (Å²) in [5, 5.41) is 3.38. The van der Waals surface area contributed by atoms with E-state index in [4.69, 9.17) is 0 Å². The van der Waals surface area contributed by atoms with Gasteiger partial charge in [-0.2, -0.15) is 0 Å². The van der Waals surface area contributed by atoms with Gasteiger partial charge in [0.05, 0.1) is 12.7 Å². The molecule has 3 fully saturated rings. The van der Waals surface area contributed by atoms with Gasteiger partial charge in [0.15, 0.2) is 0 Å². The maximum absolute atomic E-state index is 12.4. The number of hydrogen-bond acceptors (Lipinski definition) is 2. The van der Waals surface area contributed by atoms with Gasteiger partial charge in [-0.3, -0.25) is 10.1 Å². The Morgan fingerprint density at radius 1 is 1.39 bits per heavy atom. The number of hydrogen-bond donors (Lipinski definition) is 1. The van der Waals surface area contributed by atoms with Crippen LogP contribution in [0.25, 0.3) is 0 Å². The van der Waals surface area contributed by atoms with E-state index in [1.165, 1.54) is 25.7 Å². The van der Waals surface area contributed by atoms with Crippen LogP contribution in [-0.2, 0) is 4.79 Å². The second-order valence-electron chi connectivity index (χ2n) is 6.59. The van der Waals surface area contributed by atoms with Gasteiger partial charge in [-0.05, 0) is 50.4 Å². The number of fused-ring (bicyclic) bond motifs is 2. The molecule has 1 heterocycles. The predicted molar refractivity (Wildman–Crippen MR) is 71.9 cm³/mol. The van der Waals surface area contributed by atoms with Crippen molar-refractivity contribution in [3.63, 3.8) is 0 Å². The molecule has 3 nitrogen and oxygen atoms in total. The van der Waals surface area contributed by atoms with Crippen molar-refractivity contribution in [3.05, 3.63) is 0 Å². The Bertz CT molecular complexity index is 330. The fraction of sp³-hybridized carbons (Fsp3) is 0.933.